The number of carboxylic acids is 1. The number of benzene rings is 2. The van der Waals surface area contributed by atoms with Gasteiger partial charge in [-0.25, -0.2) is 4.79 Å². The molecule has 4 amide bonds. The largest absolute Gasteiger partial charge is 0.480 e. The van der Waals surface area contributed by atoms with Crippen LogP contribution in [0.5, 0.6) is 0 Å². The predicted molar refractivity (Wildman–Crippen MR) is 156 cm³/mol. The van der Waals surface area contributed by atoms with Gasteiger partial charge in [-0.05, 0) is 30.0 Å². The number of para-hydroxylation sites is 1. The molecule has 4 atom stereocenters. The van der Waals surface area contributed by atoms with Crippen LogP contribution >= 0.6 is 12.6 Å². The lowest BCUT2D eigenvalue weighted by Crippen LogP contribution is -2.58. The molecule has 41 heavy (non-hydrogen) atoms. The number of carbonyl (C=O) groups excluding carboxylic acids is 4. The number of primary amides is 1. The SMILES string of the molecule is NC(=O)CCC(NC(=O)C(N)Cc1ccccc1)C(=O)NC(Cc1c[nH]c2ccccc12)C(=O)NC(CS)C(=O)O. The molecule has 0 bridgehead atoms. The molecule has 3 rings (SSSR count). The number of aromatic amines is 1. The number of hydrogen-bond acceptors (Lipinski definition) is 7. The first kappa shape index (κ1) is 31.2. The first-order valence-electron chi connectivity index (χ1n) is 13.0. The van der Waals surface area contributed by atoms with Gasteiger partial charge in [-0.1, -0.05) is 48.5 Å². The molecule has 0 aliphatic carbocycles. The van der Waals surface area contributed by atoms with Crippen molar-refractivity contribution in [2.24, 2.45) is 11.5 Å². The first-order valence-corrected chi connectivity index (χ1v) is 13.6. The Labute approximate surface area is 242 Å². The molecule has 0 spiro atoms. The Morgan fingerprint density at radius 1 is 0.829 bits per heavy atom. The number of rotatable bonds is 15. The van der Waals surface area contributed by atoms with Crippen LogP contribution in [0.4, 0.5) is 0 Å². The van der Waals surface area contributed by atoms with Crippen LogP contribution in [0.25, 0.3) is 10.9 Å². The Morgan fingerprint density at radius 2 is 1.44 bits per heavy atom. The smallest absolute Gasteiger partial charge is 0.327 e. The zero-order chi connectivity index (χ0) is 29.9. The lowest BCUT2D eigenvalue weighted by Gasteiger charge is -2.25. The number of thiol groups is 1. The Kier molecular flexibility index (Phi) is 11.3. The standard InChI is InChI=1S/C28H34N6O6S/c29-19(12-16-6-2-1-3-7-16)25(36)32-21(10-11-24(30)35)26(37)33-22(27(38)34-23(15-41)28(39)40)13-17-14-31-20-9-5-4-8-18(17)20/h1-9,14,19,21-23,31,41H,10-13,15,29H2,(H2,30,35)(H,32,36)(H,33,37)(H,34,38)(H,39,40). The molecule has 218 valence electrons. The number of nitrogens with two attached hydrogens (primary N) is 2. The van der Waals surface area contributed by atoms with Gasteiger partial charge in [-0.15, -0.1) is 0 Å². The van der Waals surface area contributed by atoms with Crippen molar-refractivity contribution in [1.82, 2.24) is 20.9 Å². The van der Waals surface area contributed by atoms with Crippen LogP contribution in [0.3, 0.4) is 0 Å². The highest BCUT2D eigenvalue weighted by molar-refractivity contribution is 7.80. The molecular formula is C28H34N6O6S. The molecule has 1 heterocycles. The Balaban J connectivity index is 1.81. The molecule has 3 aromatic rings. The molecule has 0 saturated carbocycles. The monoisotopic (exact) mass is 582 g/mol. The van der Waals surface area contributed by atoms with E-state index in [1.165, 1.54) is 0 Å². The highest BCUT2D eigenvalue weighted by Crippen LogP contribution is 2.19. The van der Waals surface area contributed by atoms with Crippen LogP contribution in [-0.4, -0.2) is 69.6 Å². The van der Waals surface area contributed by atoms with Gasteiger partial charge >= 0.3 is 5.97 Å². The molecule has 1 aromatic heterocycles. The number of carboxylic acid groups (broad SMARTS) is 1. The maximum absolute atomic E-state index is 13.4. The zero-order valence-electron chi connectivity index (χ0n) is 22.2. The topological polar surface area (TPSA) is 209 Å². The maximum Gasteiger partial charge on any atom is 0.327 e. The van der Waals surface area contributed by atoms with E-state index in [-0.39, 0.29) is 31.4 Å². The highest BCUT2D eigenvalue weighted by atomic mass is 32.1. The molecule has 0 aliphatic rings. The van der Waals surface area contributed by atoms with Gasteiger partial charge in [0, 0.05) is 35.7 Å². The van der Waals surface area contributed by atoms with Crippen LogP contribution in [0.2, 0.25) is 0 Å². The molecule has 0 aliphatic heterocycles. The molecule has 2 aromatic carbocycles. The summed E-state index contributed by atoms with van der Waals surface area (Å²) >= 11 is 3.99. The van der Waals surface area contributed by atoms with E-state index in [0.717, 1.165) is 16.5 Å². The number of H-pyrrole nitrogens is 1. The van der Waals surface area contributed by atoms with Gasteiger partial charge in [-0.2, -0.15) is 12.6 Å². The third kappa shape index (κ3) is 9.08. The minimum Gasteiger partial charge on any atom is -0.480 e. The van der Waals surface area contributed by atoms with Crippen molar-refractivity contribution in [3.8, 4) is 0 Å². The summed E-state index contributed by atoms with van der Waals surface area (Å²) < 4.78 is 0. The summed E-state index contributed by atoms with van der Waals surface area (Å²) in [5.41, 5.74) is 13.7. The minimum atomic E-state index is -1.30. The van der Waals surface area contributed by atoms with E-state index in [1.54, 1.807) is 6.20 Å². The molecular weight excluding hydrogens is 548 g/mol. The van der Waals surface area contributed by atoms with Crippen molar-refractivity contribution in [3.05, 3.63) is 71.9 Å². The van der Waals surface area contributed by atoms with Gasteiger partial charge in [0.2, 0.25) is 23.6 Å². The molecule has 0 fully saturated rings. The lowest BCUT2D eigenvalue weighted by molar-refractivity contribution is -0.141. The van der Waals surface area contributed by atoms with Crippen molar-refractivity contribution >= 4 is 53.1 Å². The first-order chi connectivity index (χ1) is 19.6. The fraction of sp³-hybridized carbons (Fsp3) is 0.321. The van der Waals surface area contributed by atoms with E-state index in [2.05, 4.69) is 33.6 Å². The van der Waals surface area contributed by atoms with Crippen molar-refractivity contribution in [2.75, 3.05) is 5.75 Å². The summed E-state index contributed by atoms with van der Waals surface area (Å²) in [4.78, 5) is 65.7. The van der Waals surface area contributed by atoms with Crippen LogP contribution < -0.4 is 27.4 Å². The van der Waals surface area contributed by atoms with Crippen LogP contribution in [0.15, 0.2) is 60.8 Å². The average molecular weight is 583 g/mol. The number of fused-ring (bicyclic) bond motifs is 1. The third-order valence-corrected chi connectivity index (χ3v) is 6.84. The normalized spacial score (nSPS) is 13.9. The zero-order valence-corrected chi connectivity index (χ0v) is 23.1. The van der Waals surface area contributed by atoms with E-state index in [1.807, 2.05) is 54.6 Å². The highest BCUT2D eigenvalue weighted by Gasteiger charge is 2.31. The van der Waals surface area contributed by atoms with E-state index < -0.39 is 53.8 Å². The third-order valence-electron chi connectivity index (χ3n) is 6.48. The second-order valence-electron chi connectivity index (χ2n) is 9.57. The summed E-state index contributed by atoms with van der Waals surface area (Å²) in [5, 5.41) is 17.8. The fourth-order valence-corrected chi connectivity index (χ4v) is 4.50. The van der Waals surface area contributed by atoms with Crippen molar-refractivity contribution in [2.45, 2.75) is 49.9 Å². The Bertz CT molecular complexity index is 1380. The van der Waals surface area contributed by atoms with Gasteiger partial charge in [-0.3, -0.25) is 19.2 Å². The molecule has 12 nitrogen and oxygen atoms in total. The minimum absolute atomic E-state index is 0.00447. The molecule has 13 heteroatoms. The summed E-state index contributed by atoms with van der Waals surface area (Å²) in [5.74, 6) is -4.29. The number of carbonyl (C=O) groups is 5. The summed E-state index contributed by atoms with van der Waals surface area (Å²) in [6.45, 7) is 0. The number of nitrogens with one attached hydrogen (secondary N) is 4. The van der Waals surface area contributed by atoms with E-state index in [4.69, 9.17) is 11.5 Å². The number of amides is 4. The second kappa shape index (κ2) is 14.9. The van der Waals surface area contributed by atoms with Crippen LogP contribution in [-0.2, 0) is 36.8 Å². The molecule has 4 unspecified atom stereocenters. The Hall–Kier alpha value is -4.36. The van der Waals surface area contributed by atoms with E-state index >= 15 is 0 Å². The predicted octanol–water partition coefficient (Wildman–Crippen LogP) is 0.0147. The summed E-state index contributed by atoms with van der Waals surface area (Å²) in [7, 11) is 0. The van der Waals surface area contributed by atoms with Crippen LogP contribution in [0.1, 0.15) is 24.0 Å². The summed E-state index contributed by atoms with van der Waals surface area (Å²) in [6.07, 6.45) is 1.56. The van der Waals surface area contributed by atoms with Crippen molar-refractivity contribution in [1.29, 1.82) is 0 Å². The van der Waals surface area contributed by atoms with Gasteiger partial charge < -0.3 is 37.5 Å². The average Bonchev–Trinajstić information content (AvgIpc) is 3.36. The second-order valence-corrected chi connectivity index (χ2v) is 9.93. The van der Waals surface area contributed by atoms with Gasteiger partial charge in [0.1, 0.15) is 18.1 Å². The van der Waals surface area contributed by atoms with Crippen LogP contribution in [0, 0.1) is 0 Å². The fourth-order valence-electron chi connectivity index (χ4n) is 4.25. The summed E-state index contributed by atoms with van der Waals surface area (Å²) in [6, 6.07) is 11.7. The molecule has 0 saturated heterocycles. The number of aliphatic carboxylic acids is 1. The quantitative estimate of drug-likeness (QED) is 0.115. The van der Waals surface area contributed by atoms with Gasteiger partial charge in [0.15, 0.2) is 0 Å². The maximum atomic E-state index is 13.4. The van der Waals surface area contributed by atoms with Gasteiger partial charge in [0.25, 0.3) is 0 Å². The Morgan fingerprint density at radius 3 is 2.10 bits per heavy atom. The number of aromatic nitrogens is 1. The number of hydrogen-bond donors (Lipinski definition) is 8. The van der Waals surface area contributed by atoms with Crippen molar-refractivity contribution in [3.63, 3.8) is 0 Å². The lowest BCUT2D eigenvalue weighted by atomic mass is 10.0. The molecule has 0 radical (unpaired) electrons. The van der Waals surface area contributed by atoms with E-state index in [0.29, 0.717) is 5.56 Å². The van der Waals surface area contributed by atoms with Gasteiger partial charge in [0.05, 0.1) is 6.04 Å². The van der Waals surface area contributed by atoms with E-state index in [9.17, 15) is 29.1 Å². The molecule has 9 N–H and O–H groups in total. The van der Waals surface area contributed by atoms with Crippen molar-refractivity contribution < 1.29 is 29.1 Å².